The first kappa shape index (κ1) is 27.3. The van der Waals surface area contributed by atoms with Gasteiger partial charge in [-0.1, -0.05) is 43.3 Å². The maximum Gasteiger partial charge on any atom is 0.341 e. The Bertz CT molecular complexity index is 1030. The van der Waals surface area contributed by atoms with E-state index in [0.717, 1.165) is 17.5 Å². The Hall–Kier alpha value is -3.94. The largest absolute Gasteiger partial charge is 0.391 e. The van der Waals surface area contributed by atoms with Gasteiger partial charge in [-0.2, -0.15) is 5.26 Å². The molecule has 2 aromatic rings. The number of aryl methyl sites for hydroxylation is 1. The van der Waals surface area contributed by atoms with E-state index in [-0.39, 0.29) is 26.1 Å². The van der Waals surface area contributed by atoms with Gasteiger partial charge in [-0.15, -0.1) is 0 Å². The van der Waals surface area contributed by atoms with Crippen LogP contribution in [0.2, 0.25) is 0 Å². The van der Waals surface area contributed by atoms with E-state index in [1.54, 1.807) is 12.1 Å². The van der Waals surface area contributed by atoms with E-state index in [1.165, 1.54) is 12.5 Å². The molecule has 2 atom stereocenters. The molecule has 0 aromatic heterocycles. The molecule has 0 saturated carbocycles. The van der Waals surface area contributed by atoms with Crippen molar-refractivity contribution in [1.29, 1.82) is 5.26 Å². The number of carbonyl (C=O) groups excluding carboxylic acids is 3. The quantitative estimate of drug-likeness (QED) is 0.187. The second-order valence-corrected chi connectivity index (χ2v) is 7.87. The Morgan fingerprint density at radius 2 is 1.60 bits per heavy atom. The number of hydrogen-bond donors (Lipinski definition) is 5. The molecule has 0 aliphatic carbocycles. The van der Waals surface area contributed by atoms with Crippen LogP contribution in [0.15, 0.2) is 48.5 Å². The zero-order chi connectivity index (χ0) is 25.8. The summed E-state index contributed by atoms with van der Waals surface area (Å²) in [5.74, 6) is -1.20. The van der Waals surface area contributed by atoms with Gasteiger partial charge in [0.15, 0.2) is 0 Å². The monoisotopic (exact) mass is 481 g/mol. The lowest BCUT2D eigenvalue weighted by Crippen LogP contribution is -2.53. The van der Waals surface area contributed by atoms with Gasteiger partial charge in [0.05, 0.1) is 25.1 Å². The van der Waals surface area contributed by atoms with Crippen molar-refractivity contribution >= 4 is 17.8 Å². The van der Waals surface area contributed by atoms with Gasteiger partial charge >= 0.3 is 6.03 Å². The fourth-order valence-electron chi connectivity index (χ4n) is 3.19. The molecular formula is C25H31N5O5. The summed E-state index contributed by atoms with van der Waals surface area (Å²) >= 11 is 0. The molecule has 0 aliphatic rings. The van der Waals surface area contributed by atoms with Crippen LogP contribution in [-0.4, -0.2) is 65.0 Å². The highest BCUT2D eigenvalue weighted by Gasteiger charge is 2.26. The smallest absolute Gasteiger partial charge is 0.341 e. The molecule has 0 radical (unpaired) electrons. The van der Waals surface area contributed by atoms with Crippen LogP contribution in [0.25, 0.3) is 11.1 Å². The van der Waals surface area contributed by atoms with Crippen LogP contribution in [0.1, 0.15) is 36.2 Å². The van der Waals surface area contributed by atoms with Gasteiger partial charge in [0, 0.05) is 18.7 Å². The van der Waals surface area contributed by atoms with Crippen molar-refractivity contribution in [1.82, 2.24) is 21.0 Å². The predicted molar refractivity (Wildman–Crippen MR) is 129 cm³/mol. The van der Waals surface area contributed by atoms with E-state index >= 15 is 0 Å². The topological polar surface area (TPSA) is 155 Å². The molecule has 4 amide bonds. The number of aliphatic hydroxyl groups is 1. The highest BCUT2D eigenvalue weighted by Crippen LogP contribution is 2.20. The maximum absolute atomic E-state index is 12.7. The second-order valence-electron chi connectivity index (χ2n) is 7.87. The molecule has 0 fully saturated rings. The average Bonchev–Trinajstić information content (AvgIpc) is 2.87. The van der Waals surface area contributed by atoms with Gasteiger partial charge in [0.1, 0.15) is 6.04 Å². The van der Waals surface area contributed by atoms with Crippen molar-refractivity contribution < 1.29 is 24.7 Å². The lowest BCUT2D eigenvalue weighted by molar-refractivity contribution is -0.125. The summed E-state index contributed by atoms with van der Waals surface area (Å²) in [5.41, 5.74) is 3.53. The Morgan fingerprint density at radius 3 is 2.14 bits per heavy atom. The highest BCUT2D eigenvalue weighted by atomic mass is 16.5. The summed E-state index contributed by atoms with van der Waals surface area (Å²) < 4.78 is 0. The van der Waals surface area contributed by atoms with Crippen molar-refractivity contribution in [2.45, 2.75) is 38.8 Å². The molecule has 2 aromatic carbocycles. The summed E-state index contributed by atoms with van der Waals surface area (Å²) in [4.78, 5) is 36.8. The van der Waals surface area contributed by atoms with Gasteiger partial charge in [-0.05, 0) is 42.2 Å². The van der Waals surface area contributed by atoms with Crippen LogP contribution in [0.5, 0.6) is 0 Å². The third kappa shape index (κ3) is 8.41. The zero-order valence-electron chi connectivity index (χ0n) is 19.8. The van der Waals surface area contributed by atoms with E-state index in [1.807, 2.05) is 30.3 Å². The number of nitriles is 1. The Balaban J connectivity index is 1.91. The summed E-state index contributed by atoms with van der Waals surface area (Å²) in [7, 11) is 0. The number of urea groups is 1. The fourth-order valence-corrected chi connectivity index (χ4v) is 3.19. The number of hydroxylamine groups is 2. The molecule has 35 heavy (non-hydrogen) atoms. The Labute approximate surface area is 204 Å². The average molecular weight is 482 g/mol. The normalized spacial score (nSPS) is 12.1. The van der Waals surface area contributed by atoms with Crippen LogP contribution >= 0.6 is 0 Å². The molecular weight excluding hydrogens is 450 g/mol. The fraction of sp³-hybridized carbons (Fsp3) is 0.360. The molecule has 0 saturated heterocycles. The molecule has 0 unspecified atom stereocenters. The first-order chi connectivity index (χ1) is 16.8. The molecule has 0 heterocycles. The van der Waals surface area contributed by atoms with Gasteiger partial charge in [0.2, 0.25) is 5.91 Å². The van der Waals surface area contributed by atoms with Crippen LogP contribution in [0, 0.1) is 11.3 Å². The second kappa shape index (κ2) is 13.7. The van der Waals surface area contributed by atoms with Crippen LogP contribution in [0.3, 0.4) is 0 Å². The standard InChI is InChI=1S/C25H31N5O5/c1-3-18-5-7-19(8-6-18)20-9-11-21(12-10-20)23(32)29-22(17(2)31)24(33)27-15-16-30(35)25(34)28-14-4-13-26/h5-12,17,22,31,35H,3-4,14-16H2,1-2H3,(H,27,33)(H,28,34)(H,29,32)/t17-,22+/m1/s1. The van der Waals surface area contributed by atoms with E-state index in [0.29, 0.717) is 10.6 Å². The Morgan fingerprint density at radius 1 is 1.00 bits per heavy atom. The summed E-state index contributed by atoms with van der Waals surface area (Å²) in [5, 5.41) is 35.8. The minimum Gasteiger partial charge on any atom is -0.391 e. The number of benzene rings is 2. The summed E-state index contributed by atoms with van der Waals surface area (Å²) in [6.45, 7) is 3.19. The molecule has 0 spiro atoms. The van der Waals surface area contributed by atoms with Gasteiger partial charge in [-0.3, -0.25) is 14.8 Å². The number of carbonyl (C=O) groups is 3. The van der Waals surface area contributed by atoms with Gasteiger partial charge in [-0.25, -0.2) is 9.86 Å². The van der Waals surface area contributed by atoms with Crippen molar-refractivity contribution in [3.05, 3.63) is 59.7 Å². The number of nitrogens with zero attached hydrogens (tertiary/aromatic N) is 2. The predicted octanol–water partition coefficient (Wildman–Crippen LogP) is 1.83. The molecule has 10 heteroatoms. The van der Waals surface area contributed by atoms with Gasteiger partial charge in [0.25, 0.3) is 5.91 Å². The summed E-state index contributed by atoms with van der Waals surface area (Å²) in [6.07, 6.45) is -0.135. The van der Waals surface area contributed by atoms with Crippen molar-refractivity contribution in [2.24, 2.45) is 0 Å². The molecule has 2 rings (SSSR count). The van der Waals surface area contributed by atoms with E-state index in [4.69, 9.17) is 5.26 Å². The molecule has 0 bridgehead atoms. The molecule has 186 valence electrons. The molecule has 5 N–H and O–H groups in total. The van der Waals surface area contributed by atoms with Crippen LogP contribution < -0.4 is 16.0 Å². The van der Waals surface area contributed by atoms with Crippen molar-refractivity contribution in [3.63, 3.8) is 0 Å². The summed E-state index contributed by atoms with van der Waals surface area (Å²) in [6, 6.07) is 14.9. The first-order valence-electron chi connectivity index (χ1n) is 11.3. The van der Waals surface area contributed by atoms with Crippen LogP contribution in [0.4, 0.5) is 4.79 Å². The number of aliphatic hydroxyl groups excluding tert-OH is 1. The maximum atomic E-state index is 12.7. The van der Waals surface area contributed by atoms with Crippen molar-refractivity contribution in [3.8, 4) is 17.2 Å². The van der Waals surface area contributed by atoms with E-state index < -0.39 is 30.0 Å². The third-order valence-electron chi connectivity index (χ3n) is 5.26. The number of nitrogens with one attached hydrogen (secondary N) is 3. The highest BCUT2D eigenvalue weighted by molar-refractivity contribution is 5.98. The minimum atomic E-state index is -1.24. The van der Waals surface area contributed by atoms with Crippen molar-refractivity contribution in [2.75, 3.05) is 19.6 Å². The third-order valence-corrected chi connectivity index (χ3v) is 5.26. The Kier molecular flexibility index (Phi) is 10.7. The number of hydrogen-bond acceptors (Lipinski definition) is 6. The van der Waals surface area contributed by atoms with E-state index in [9.17, 15) is 24.7 Å². The zero-order valence-corrected chi connectivity index (χ0v) is 19.8. The number of amides is 4. The molecule has 0 aliphatic heterocycles. The SMILES string of the molecule is CCc1ccc(-c2ccc(C(=O)N[C@H](C(=O)NCCN(O)C(=O)NCCC#N)[C@@H](C)O)cc2)cc1. The van der Waals surface area contributed by atoms with E-state index in [2.05, 4.69) is 35.0 Å². The lowest BCUT2D eigenvalue weighted by atomic mass is 10.0. The minimum absolute atomic E-state index is 0.0843. The van der Waals surface area contributed by atoms with Crippen LogP contribution in [-0.2, 0) is 11.2 Å². The van der Waals surface area contributed by atoms with Gasteiger partial charge < -0.3 is 21.1 Å². The molecule has 10 nitrogen and oxygen atoms in total. The lowest BCUT2D eigenvalue weighted by Gasteiger charge is -2.22. The first-order valence-corrected chi connectivity index (χ1v) is 11.3. The number of rotatable bonds is 11.